The van der Waals surface area contributed by atoms with Crippen LogP contribution in [0.25, 0.3) is 0 Å². The maximum absolute atomic E-state index is 9.81. The van der Waals surface area contributed by atoms with Crippen molar-refractivity contribution in [2.24, 2.45) is 21.6 Å². The molecule has 7 heteroatoms. The monoisotopic (exact) mass is 283 g/mol. The maximum Gasteiger partial charge on any atom is 0.292 e. The van der Waals surface area contributed by atoms with E-state index >= 15 is 0 Å². The minimum Gasteiger partial charge on any atom is -0.386 e. The summed E-state index contributed by atoms with van der Waals surface area (Å²) in [6.07, 6.45) is 3.21. The Labute approximate surface area is 121 Å². The molecule has 0 aromatic carbocycles. The van der Waals surface area contributed by atoms with Crippen LogP contribution >= 0.6 is 0 Å². The molecule has 106 valence electrons. The molecule has 1 aromatic heterocycles. The standard InChI is InChI=1S/C14H13N5O2/c1-20-14(21-2)13(8-16)10(9-3-5-18-6-4-9)12(13,7-15)11(17)19-14/h3-6,10H,1-2H3,(H2,17,19). The zero-order chi connectivity index (χ0) is 15.3. The molecule has 0 saturated heterocycles. The van der Waals surface area contributed by atoms with E-state index in [1.807, 2.05) is 0 Å². The summed E-state index contributed by atoms with van der Waals surface area (Å²) < 4.78 is 10.7. The molecular formula is C14H13N5O2. The van der Waals surface area contributed by atoms with Gasteiger partial charge in [0.05, 0.1) is 12.1 Å². The van der Waals surface area contributed by atoms with Crippen molar-refractivity contribution in [3.63, 3.8) is 0 Å². The highest BCUT2D eigenvalue weighted by molar-refractivity contribution is 6.00. The van der Waals surface area contributed by atoms with Crippen LogP contribution in [0.5, 0.6) is 0 Å². The molecule has 2 heterocycles. The Bertz CT molecular complexity index is 700. The molecule has 0 bridgehead atoms. The van der Waals surface area contributed by atoms with Crippen molar-refractivity contribution in [3.05, 3.63) is 30.1 Å². The number of aliphatic imine (C=N–C) groups is 1. The number of hydrogen-bond donors (Lipinski definition) is 1. The van der Waals surface area contributed by atoms with Crippen LogP contribution in [0.3, 0.4) is 0 Å². The highest BCUT2D eigenvalue weighted by atomic mass is 16.7. The Kier molecular flexibility index (Phi) is 2.58. The van der Waals surface area contributed by atoms with Crippen molar-refractivity contribution in [2.45, 2.75) is 11.8 Å². The quantitative estimate of drug-likeness (QED) is 0.808. The predicted octanol–water partition coefficient (Wildman–Crippen LogP) is 0.516. The van der Waals surface area contributed by atoms with Gasteiger partial charge in [-0.05, 0) is 17.7 Å². The number of nitriles is 2. The van der Waals surface area contributed by atoms with Gasteiger partial charge in [0, 0.05) is 32.5 Å². The molecule has 0 amide bonds. The fourth-order valence-electron chi connectivity index (χ4n) is 3.58. The Morgan fingerprint density at radius 2 is 1.81 bits per heavy atom. The van der Waals surface area contributed by atoms with Crippen LogP contribution in [0.1, 0.15) is 11.5 Å². The van der Waals surface area contributed by atoms with E-state index in [0.717, 1.165) is 5.56 Å². The highest BCUT2D eigenvalue weighted by Gasteiger charge is 2.93. The average molecular weight is 283 g/mol. The van der Waals surface area contributed by atoms with Gasteiger partial charge in [0.2, 0.25) is 0 Å². The van der Waals surface area contributed by atoms with Crippen LogP contribution in [0.4, 0.5) is 0 Å². The van der Waals surface area contributed by atoms with Crippen molar-refractivity contribution in [3.8, 4) is 12.1 Å². The zero-order valence-electron chi connectivity index (χ0n) is 11.6. The molecule has 0 spiro atoms. The summed E-state index contributed by atoms with van der Waals surface area (Å²) in [6, 6.07) is 7.87. The van der Waals surface area contributed by atoms with Gasteiger partial charge in [-0.3, -0.25) is 4.98 Å². The first-order valence-electron chi connectivity index (χ1n) is 6.28. The smallest absolute Gasteiger partial charge is 0.292 e. The Hall–Kier alpha value is -2.48. The number of rotatable bonds is 3. The van der Waals surface area contributed by atoms with Crippen LogP contribution in [-0.2, 0) is 9.47 Å². The molecule has 1 saturated carbocycles. The van der Waals surface area contributed by atoms with Gasteiger partial charge in [0.15, 0.2) is 5.41 Å². The Morgan fingerprint density at radius 3 is 2.29 bits per heavy atom. The number of hydrogen-bond acceptors (Lipinski definition) is 7. The second-order valence-electron chi connectivity index (χ2n) is 5.04. The van der Waals surface area contributed by atoms with Gasteiger partial charge in [0.25, 0.3) is 5.91 Å². The van der Waals surface area contributed by atoms with Crippen molar-refractivity contribution >= 4 is 5.84 Å². The van der Waals surface area contributed by atoms with E-state index in [-0.39, 0.29) is 5.84 Å². The molecule has 3 rings (SSSR count). The number of amidine groups is 1. The first kappa shape index (κ1) is 13.5. The van der Waals surface area contributed by atoms with E-state index in [2.05, 4.69) is 22.1 Å². The van der Waals surface area contributed by atoms with Crippen molar-refractivity contribution in [1.82, 2.24) is 4.98 Å². The van der Waals surface area contributed by atoms with Gasteiger partial charge in [-0.1, -0.05) is 0 Å². The number of ether oxygens (including phenoxy) is 2. The van der Waals surface area contributed by atoms with Gasteiger partial charge >= 0.3 is 0 Å². The fraction of sp³-hybridized carbons (Fsp3) is 0.429. The molecule has 3 unspecified atom stereocenters. The number of methoxy groups -OCH3 is 2. The van der Waals surface area contributed by atoms with E-state index in [0.29, 0.717) is 0 Å². The first-order chi connectivity index (χ1) is 10.1. The molecule has 0 radical (unpaired) electrons. The number of fused-ring (bicyclic) bond motifs is 1. The van der Waals surface area contributed by atoms with E-state index in [1.54, 1.807) is 24.5 Å². The summed E-state index contributed by atoms with van der Waals surface area (Å²) in [5.41, 5.74) is 4.22. The molecule has 1 fully saturated rings. The lowest BCUT2D eigenvalue weighted by Crippen LogP contribution is -2.41. The topological polar surface area (TPSA) is 117 Å². The number of nitrogens with zero attached hydrogens (tertiary/aromatic N) is 4. The number of nitrogens with two attached hydrogens (primary N) is 1. The van der Waals surface area contributed by atoms with E-state index in [4.69, 9.17) is 15.2 Å². The van der Waals surface area contributed by atoms with E-state index in [1.165, 1.54) is 14.2 Å². The lowest BCUT2D eigenvalue weighted by atomic mass is 9.93. The molecule has 7 nitrogen and oxygen atoms in total. The molecule has 2 aliphatic rings. The fourth-order valence-corrected chi connectivity index (χ4v) is 3.58. The molecule has 1 aliphatic heterocycles. The van der Waals surface area contributed by atoms with Crippen molar-refractivity contribution in [1.29, 1.82) is 10.5 Å². The SMILES string of the molecule is COC1(OC)N=C(N)C2(C#N)C(c3ccncc3)C12C#N. The van der Waals surface area contributed by atoms with Crippen LogP contribution in [0.2, 0.25) is 0 Å². The summed E-state index contributed by atoms with van der Waals surface area (Å²) in [6.45, 7) is 0. The van der Waals surface area contributed by atoms with Gasteiger partial charge in [-0.25, -0.2) is 4.99 Å². The normalized spacial score (nSPS) is 35.2. The number of pyridine rings is 1. The molecule has 3 atom stereocenters. The van der Waals surface area contributed by atoms with Crippen LogP contribution < -0.4 is 5.73 Å². The van der Waals surface area contributed by atoms with Gasteiger partial charge in [-0.2, -0.15) is 10.5 Å². The van der Waals surface area contributed by atoms with Crippen molar-refractivity contribution in [2.75, 3.05) is 14.2 Å². The Balaban J connectivity index is 2.26. The third kappa shape index (κ3) is 1.15. The zero-order valence-corrected chi connectivity index (χ0v) is 11.6. The second-order valence-corrected chi connectivity index (χ2v) is 5.04. The Morgan fingerprint density at radius 1 is 1.19 bits per heavy atom. The molecule has 21 heavy (non-hydrogen) atoms. The van der Waals surface area contributed by atoms with Crippen LogP contribution in [-0.4, -0.2) is 31.0 Å². The van der Waals surface area contributed by atoms with Gasteiger partial charge < -0.3 is 15.2 Å². The minimum atomic E-state index is -1.57. The third-order valence-electron chi connectivity index (χ3n) is 4.52. The minimum absolute atomic E-state index is 0.0667. The van der Waals surface area contributed by atoms with Crippen molar-refractivity contribution < 1.29 is 9.47 Å². The first-order valence-corrected chi connectivity index (χ1v) is 6.28. The lowest BCUT2D eigenvalue weighted by molar-refractivity contribution is -0.230. The van der Waals surface area contributed by atoms with Gasteiger partial charge in [-0.15, -0.1) is 0 Å². The molecule has 2 N–H and O–H groups in total. The summed E-state index contributed by atoms with van der Waals surface area (Å²) >= 11 is 0. The molecular weight excluding hydrogens is 270 g/mol. The predicted molar refractivity (Wildman–Crippen MR) is 71.4 cm³/mol. The second kappa shape index (κ2) is 4.01. The summed E-state index contributed by atoms with van der Waals surface area (Å²) in [7, 11) is 2.77. The van der Waals surface area contributed by atoms with Crippen LogP contribution in [0.15, 0.2) is 29.5 Å². The summed E-state index contributed by atoms with van der Waals surface area (Å²) in [5.74, 6) is -1.98. The number of aromatic nitrogens is 1. The highest BCUT2D eigenvalue weighted by Crippen LogP contribution is 2.81. The maximum atomic E-state index is 9.81. The third-order valence-corrected chi connectivity index (χ3v) is 4.52. The largest absolute Gasteiger partial charge is 0.386 e. The average Bonchev–Trinajstić information content (AvgIpc) is 3.11. The molecule has 1 aliphatic carbocycles. The van der Waals surface area contributed by atoms with E-state index in [9.17, 15) is 10.5 Å². The lowest BCUT2D eigenvalue weighted by Gasteiger charge is -2.29. The summed E-state index contributed by atoms with van der Waals surface area (Å²) in [4.78, 5) is 8.09. The molecule has 1 aromatic rings. The van der Waals surface area contributed by atoms with Gasteiger partial charge in [0.1, 0.15) is 11.3 Å². The van der Waals surface area contributed by atoms with Crippen LogP contribution in [0, 0.1) is 33.5 Å². The van der Waals surface area contributed by atoms with E-state index < -0.39 is 22.7 Å². The summed E-state index contributed by atoms with van der Waals surface area (Å²) in [5, 5.41) is 19.5.